The summed E-state index contributed by atoms with van der Waals surface area (Å²) in [4.78, 5) is 52.4. The maximum atomic E-state index is 13.3. The van der Waals surface area contributed by atoms with Crippen LogP contribution >= 0.6 is 11.6 Å². The van der Waals surface area contributed by atoms with Gasteiger partial charge in [0.2, 0.25) is 11.8 Å². The number of rotatable bonds is 6. The monoisotopic (exact) mass is 530 g/mol. The van der Waals surface area contributed by atoms with E-state index in [0.29, 0.717) is 34.8 Å². The van der Waals surface area contributed by atoms with Crippen molar-refractivity contribution in [3.8, 4) is 0 Å². The molecule has 3 atom stereocenters. The number of halogens is 1. The Kier molecular flexibility index (Phi) is 7.29. The van der Waals surface area contributed by atoms with Crippen molar-refractivity contribution in [2.75, 3.05) is 16.8 Å². The molecule has 3 aromatic carbocycles. The first-order chi connectivity index (χ1) is 18.3. The van der Waals surface area contributed by atoms with Crippen LogP contribution in [0, 0.1) is 18.8 Å². The van der Waals surface area contributed by atoms with Crippen LogP contribution in [0.5, 0.6) is 0 Å². The highest BCUT2D eigenvalue weighted by Crippen LogP contribution is 2.45. The smallest absolute Gasteiger partial charge is 0.338 e. The Morgan fingerprint density at radius 3 is 2.37 bits per heavy atom. The predicted molar refractivity (Wildman–Crippen MR) is 144 cm³/mol. The second-order valence-corrected chi connectivity index (χ2v) is 10.1. The number of hydrogen-bond donors (Lipinski definition) is 1. The molecular weight excluding hydrogens is 504 g/mol. The maximum Gasteiger partial charge on any atom is 0.338 e. The van der Waals surface area contributed by atoms with E-state index in [2.05, 4.69) is 17.4 Å². The number of carbonyl (C=O) groups excluding carboxylic acids is 4. The number of nitrogens with one attached hydrogen (secondary N) is 1. The van der Waals surface area contributed by atoms with E-state index < -0.39 is 18.5 Å². The van der Waals surface area contributed by atoms with Crippen LogP contribution in [-0.4, -0.2) is 30.3 Å². The van der Waals surface area contributed by atoms with Gasteiger partial charge in [-0.05, 0) is 79.6 Å². The van der Waals surface area contributed by atoms with Crippen molar-refractivity contribution < 1.29 is 23.9 Å². The van der Waals surface area contributed by atoms with Gasteiger partial charge >= 0.3 is 5.97 Å². The maximum absolute atomic E-state index is 13.3. The molecule has 7 nitrogen and oxygen atoms in total. The quantitative estimate of drug-likeness (QED) is 0.335. The minimum atomic E-state index is -0.687. The highest BCUT2D eigenvalue weighted by atomic mass is 35.5. The lowest BCUT2D eigenvalue weighted by molar-refractivity contribution is -0.122. The van der Waals surface area contributed by atoms with Gasteiger partial charge < -0.3 is 10.1 Å². The van der Waals surface area contributed by atoms with Crippen molar-refractivity contribution in [3.63, 3.8) is 0 Å². The largest absolute Gasteiger partial charge is 0.452 e. The number of fused-ring (bicyclic) bond motifs is 1. The SMILES string of the molecule is Cc1c(Cl)cccc1NC(=O)COC(=O)c1ccc(N2C(=O)[C@@H]3CC[C@H](c4ccccc4)C[C@H]3C2=O)cc1. The molecule has 38 heavy (non-hydrogen) atoms. The first-order valence-corrected chi connectivity index (χ1v) is 13.0. The van der Waals surface area contributed by atoms with Crippen molar-refractivity contribution in [2.24, 2.45) is 11.8 Å². The lowest BCUT2D eigenvalue weighted by Gasteiger charge is -2.28. The number of ether oxygens (including phenoxy) is 1. The first kappa shape index (κ1) is 25.7. The van der Waals surface area contributed by atoms with Crippen LogP contribution in [0.3, 0.4) is 0 Å². The fourth-order valence-corrected chi connectivity index (χ4v) is 5.53. The Labute approximate surface area is 225 Å². The molecule has 2 fully saturated rings. The summed E-state index contributed by atoms with van der Waals surface area (Å²) in [5.74, 6) is -1.95. The standard InChI is InChI=1S/C30H27ClN2O5/c1-18-25(31)8-5-9-26(18)32-27(34)17-38-30(37)20-10-13-22(14-11-20)33-28(35)23-15-12-21(16-24(23)29(33)36)19-6-3-2-4-7-19/h2-11,13-14,21,23-24H,12,15-17H2,1H3,(H,32,34)/t21-,23+,24+/m0/s1. The van der Waals surface area contributed by atoms with Crippen molar-refractivity contribution in [1.82, 2.24) is 0 Å². The zero-order valence-electron chi connectivity index (χ0n) is 20.9. The molecule has 1 aliphatic heterocycles. The average Bonchev–Trinajstić information content (AvgIpc) is 3.19. The third-order valence-corrected chi connectivity index (χ3v) is 7.84. The highest BCUT2D eigenvalue weighted by Gasteiger charge is 2.50. The van der Waals surface area contributed by atoms with E-state index in [4.69, 9.17) is 16.3 Å². The van der Waals surface area contributed by atoms with E-state index >= 15 is 0 Å². The summed E-state index contributed by atoms with van der Waals surface area (Å²) >= 11 is 6.07. The Morgan fingerprint density at radius 1 is 0.921 bits per heavy atom. The van der Waals surface area contributed by atoms with Gasteiger partial charge in [0.25, 0.3) is 5.91 Å². The van der Waals surface area contributed by atoms with Gasteiger partial charge in [0.05, 0.1) is 23.1 Å². The molecule has 3 amide bonds. The third-order valence-electron chi connectivity index (χ3n) is 7.43. The van der Waals surface area contributed by atoms with Crippen molar-refractivity contribution in [1.29, 1.82) is 0 Å². The van der Waals surface area contributed by atoms with Crippen molar-refractivity contribution in [2.45, 2.75) is 32.1 Å². The lowest BCUT2D eigenvalue weighted by Crippen LogP contribution is -2.30. The van der Waals surface area contributed by atoms with Crippen LogP contribution in [0.1, 0.15) is 46.7 Å². The normalized spacial score (nSPS) is 20.7. The molecule has 1 heterocycles. The minimum absolute atomic E-state index is 0.185. The van der Waals surface area contributed by atoms with Crippen LogP contribution in [0.25, 0.3) is 0 Å². The zero-order valence-corrected chi connectivity index (χ0v) is 21.6. The molecule has 0 aromatic heterocycles. The van der Waals surface area contributed by atoms with Gasteiger partial charge in [-0.25, -0.2) is 4.79 Å². The van der Waals surface area contributed by atoms with Gasteiger partial charge in [0.15, 0.2) is 6.61 Å². The molecule has 0 unspecified atom stereocenters. The topological polar surface area (TPSA) is 92.8 Å². The predicted octanol–water partition coefficient (Wildman–Crippen LogP) is 5.52. The van der Waals surface area contributed by atoms with Gasteiger partial charge in [-0.3, -0.25) is 19.3 Å². The molecule has 0 spiro atoms. The fraction of sp³-hybridized carbons (Fsp3) is 0.267. The minimum Gasteiger partial charge on any atom is -0.452 e. The van der Waals surface area contributed by atoms with E-state index in [-0.39, 0.29) is 35.1 Å². The number of carbonyl (C=O) groups is 4. The number of benzene rings is 3. The van der Waals surface area contributed by atoms with Gasteiger partial charge in [0, 0.05) is 10.7 Å². The Balaban J connectivity index is 1.20. The summed E-state index contributed by atoms with van der Waals surface area (Å²) in [6.45, 7) is 1.31. The van der Waals surface area contributed by atoms with Crippen LogP contribution in [0.4, 0.5) is 11.4 Å². The molecule has 0 radical (unpaired) electrons. The van der Waals surface area contributed by atoms with Gasteiger partial charge in [-0.2, -0.15) is 0 Å². The van der Waals surface area contributed by atoms with E-state index in [1.165, 1.54) is 22.6 Å². The summed E-state index contributed by atoms with van der Waals surface area (Å²) in [6, 6.07) is 21.4. The number of esters is 1. The summed E-state index contributed by atoms with van der Waals surface area (Å²) < 4.78 is 5.14. The first-order valence-electron chi connectivity index (χ1n) is 12.6. The lowest BCUT2D eigenvalue weighted by atomic mass is 9.73. The Bertz CT molecular complexity index is 1390. The highest BCUT2D eigenvalue weighted by molar-refractivity contribution is 6.31. The molecule has 0 bridgehead atoms. The third kappa shape index (κ3) is 5.07. The van der Waals surface area contributed by atoms with Gasteiger partial charge in [-0.1, -0.05) is 48.0 Å². The Hall–Kier alpha value is -3.97. The molecule has 1 N–H and O–H groups in total. The van der Waals surface area contributed by atoms with Gasteiger partial charge in [0.1, 0.15) is 0 Å². The second kappa shape index (κ2) is 10.8. The molecule has 2 aliphatic rings. The number of anilines is 2. The van der Waals surface area contributed by atoms with Crippen molar-refractivity contribution >= 4 is 46.7 Å². The zero-order chi connectivity index (χ0) is 26.8. The average molecular weight is 531 g/mol. The van der Waals surface area contributed by atoms with E-state index in [0.717, 1.165) is 6.42 Å². The number of imide groups is 1. The van der Waals surface area contributed by atoms with Crippen LogP contribution in [-0.2, 0) is 19.1 Å². The molecule has 8 heteroatoms. The number of nitrogens with zero attached hydrogens (tertiary/aromatic N) is 1. The molecule has 1 saturated carbocycles. The fourth-order valence-electron chi connectivity index (χ4n) is 5.35. The van der Waals surface area contributed by atoms with E-state index in [1.54, 1.807) is 37.3 Å². The summed E-state index contributed by atoms with van der Waals surface area (Å²) in [7, 11) is 0. The molecular formula is C30H27ClN2O5. The molecule has 1 aliphatic carbocycles. The van der Waals surface area contributed by atoms with Crippen LogP contribution in [0.15, 0.2) is 72.8 Å². The number of hydrogen-bond acceptors (Lipinski definition) is 5. The van der Waals surface area contributed by atoms with Crippen LogP contribution in [0.2, 0.25) is 5.02 Å². The molecule has 3 aromatic rings. The van der Waals surface area contributed by atoms with Crippen molar-refractivity contribution in [3.05, 3.63) is 94.5 Å². The van der Waals surface area contributed by atoms with Crippen LogP contribution < -0.4 is 10.2 Å². The molecule has 194 valence electrons. The van der Waals surface area contributed by atoms with Gasteiger partial charge in [-0.15, -0.1) is 0 Å². The Morgan fingerprint density at radius 2 is 1.63 bits per heavy atom. The van der Waals surface area contributed by atoms with E-state index in [9.17, 15) is 19.2 Å². The number of amides is 3. The summed E-state index contributed by atoms with van der Waals surface area (Å²) in [5, 5.41) is 3.19. The summed E-state index contributed by atoms with van der Waals surface area (Å²) in [5.41, 5.74) is 3.09. The van der Waals surface area contributed by atoms with E-state index in [1.807, 2.05) is 18.2 Å². The summed E-state index contributed by atoms with van der Waals surface area (Å²) in [6.07, 6.45) is 2.19. The molecule has 5 rings (SSSR count). The molecule has 1 saturated heterocycles. The second-order valence-electron chi connectivity index (χ2n) is 9.73.